The van der Waals surface area contributed by atoms with Gasteiger partial charge in [-0.3, -0.25) is 9.59 Å². The van der Waals surface area contributed by atoms with E-state index in [1.807, 2.05) is 0 Å². The van der Waals surface area contributed by atoms with Gasteiger partial charge >= 0.3 is 5.97 Å². The summed E-state index contributed by atoms with van der Waals surface area (Å²) in [5.41, 5.74) is 0.554. The van der Waals surface area contributed by atoms with Crippen molar-refractivity contribution in [2.24, 2.45) is 0 Å². The molecule has 1 fully saturated rings. The molecule has 1 N–H and O–H groups in total. The molecule has 0 aromatic heterocycles. The van der Waals surface area contributed by atoms with Crippen molar-refractivity contribution >= 4 is 33.5 Å². The van der Waals surface area contributed by atoms with Gasteiger partial charge in [-0.25, -0.2) is 17.5 Å². The van der Waals surface area contributed by atoms with Crippen LogP contribution >= 0.6 is 0 Å². The standard InChI is InChI=1S/C20H20N2O6S/c1-2-28-20(25)14-7-6-8-15(13-14)21-19(24)17-11-12-18(23)22(17)29(26,27)16-9-4-3-5-10-16/h3-10,13,17H,2,11-12H2,1H3,(H,21,24)/t17-/m0/s1. The molecule has 0 aliphatic carbocycles. The molecule has 0 unspecified atom stereocenters. The van der Waals surface area contributed by atoms with E-state index < -0.39 is 33.8 Å². The van der Waals surface area contributed by atoms with Gasteiger partial charge in [0.1, 0.15) is 6.04 Å². The van der Waals surface area contributed by atoms with Crippen LogP contribution < -0.4 is 5.32 Å². The Labute approximate surface area is 168 Å². The predicted octanol–water partition coefficient (Wildman–Crippen LogP) is 2.18. The molecule has 0 saturated carbocycles. The van der Waals surface area contributed by atoms with Crippen LogP contribution in [0.25, 0.3) is 0 Å². The van der Waals surface area contributed by atoms with Gasteiger partial charge in [-0.2, -0.15) is 0 Å². The number of carbonyl (C=O) groups is 3. The minimum atomic E-state index is -4.15. The number of hydrogen-bond acceptors (Lipinski definition) is 6. The second-order valence-electron chi connectivity index (χ2n) is 6.35. The van der Waals surface area contributed by atoms with Gasteiger partial charge in [-0.1, -0.05) is 24.3 Å². The van der Waals surface area contributed by atoms with Crippen molar-refractivity contribution < 1.29 is 27.5 Å². The van der Waals surface area contributed by atoms with E-state index in [0.29, 0.717) is 9.99 Å². The molecule has 0 radical (unpaired) electrons. The highest BCUT2D eigenvalue weighted by Crippen LogP contribution is 2.28. The molecule has 2 aromatic carbocycles. The van der Waals surface area contributed by atoms with Gasteiger partial charge in [0.25, 0.3) is 10.0 Å². The van der Waals surface area contributed by atoms with E-state index in [9.17, 15) is 22.8 Å². The zero-order valence-electron chi connectivity index (χ0n) is 15.7. The van der Waals surface area contributed by atoms with Gasteiger partial charge in [-0.05, 0) is 43.7 Å². The Morgan fingerprint density at radius 2 is 1.86 bits per heavy atom. The number of amides is 2. The number of nitrogens with one attached hydrogen (secondary N) is 1. The van der Waals surface area contributed by atoms with Gasteiger partial charge in [0.05, 0.1) is 17.1 Å². The minimum absolute atomic E-state index is 0.0486. The molecule has 2 aromatic rings. The molecule has 0 spiro atoms. The lowest BCUT2D eigenvalue weighted by Gasteiger charge is -2.23. The summed E-state index contributed by atoms with van der Waals surface area (Å²) in [6, 6.07) is 12.4. The smallest absolute Gasteiger partial charge is 0.338 e. The van der Waals surface area contributed by atoms with Crippen LogP contribution in [-0.2, 0) is 24.3 Å². The third kappa shape index (κ3) is 4.29. The fourth-order valence-electron chi connectivity index (χ4n) is 3.07. The lowest BCUT2D eigenvalue weighted by Crippen LogP contribution is -2.45. The van der Waals surface area contributed by atoms with Crippen molar-refractivity contribution in [2.45, 2.75) is 30.7 Å². The van der Waals surface area contributed by atoms with Gasteiger partial charge in [0.15, 0.2) is 0 Å². The van der Waals surface area contributed by atoms with Crippen molar-refractivity contribution in [2.75, 3.05) is 11.9 Å². The zero-order chi connectivity index (χ0) is 21.0. The fraction of sp³-hybridized carbons (Fsp3) is 0.250. The van der Waals surface area contributed by atoms with Gasteiger partial charge in [0, 0.05) is 12.1 Å². The Bertz CT molecular complexity index is 1040. The second kappa shape index (κ2) is 8.44. The highest BCUT2D eigenvalue weighted by atomic mass is 32.2. The van der Waals surface area contributed by atoms with E-state index >= 15 is 0 Å². The molecule has 1 atom stereocenters. The SMILES string of the molecule is CCOC(=O)c1cccc(NC(=O)[C@@H]2CCC(=O)N2S(=O)(=O)c2ccccc2)c1. The van der Waals surface area contributed by atoms with Gasteiger partial charge < -0.3 is 10.1 Å². The molecule has 1 saturated heterocycles. The highest BCUT2D eigenvalue weighted by Gasteiger charge is 2.44. The summed E-state index contributed by atoms with van der Waals surface area (Å²) in [6.07, 6.45) is 0.0291. The van der Waals surface area contributed by atoms with E-state index in [1.165, 1.54) is 18.2 Å². The first-order valence-electron chi connectivity index (χ1n) is 9.05. The van der Waals surface area contributed by atoms with E-state index in [-0.39, 0.29) is 29.9 Å². The third-order valence-electron chi connectivity index (χ3n) is 4.40. The number of nitrogens with zero attached hydrogens (tertiary/aromatic N) is 1. The molecule has 29 heavy (non-hydrogen) atoms. The Hall–Kier alpha value is -3.20. The summed E-state index contributed by atoms with van der Waals surface area (Å²) in [5.74, 6) is -1.81. The topological polar surface area (TPSA) is 110 Å². The molecule has 1 heterocycles. The molecule has 2 amide bonds. The third-order valence-corrected chi connectivity index (χ3v) is 6.25. The van der Waals surface area contributed by atoms with Crippen LogP contribution in [-0.4, -0.2) is 43.2 Å². The summed E-state index contributed by atoms with van der Waals surface area (Å²) in [4.78, 5) is 36.8. The number of carbonyl (C=O) groups excluding carboxylic acids is 3. The highest BCUT2D eigenvalue weighted by molar-refractivity contribution is 7.89. The molecular formula is C20H20N2O6S. The van der Waals surface area contributed by atoms with Gasteiger partial charge in [-0.15, -0.1) is 0 Å². The van der Waals surface area contributed by atoms with E-state index in [1.54, 1.807) is 43.3 Å². The quantitative estimate of drug-likeness (QED) is 0.723. The molecule has 152 valence electrons. The molecule has 1 aliphatic rings. The van der Waals surface area contributed by atoms with Crippen LogP contribution in [0.4, 0.5) is 5.69 Å². The first-order valence-corrected chi connectivity index (χ1v) is 10.5. The Balaban J connectivity index is 1.83. The number of esters is 1. The van der Waals surface area contributed by atoms with Gasteiger partial charge in [0.2, 0.25) is 11.8 Å². The zero-order valence-corrected chi connectivity index (χ0v) is 16.5. The first-order chi connectivity index (χ1) is 13.8. The molecule has 3 rings (SSSR count). The average molecular weight is 416 g/mol. The van der Waals surface area contributed by atoms with Crippen molar-refractivity contribution in [3.8, 4) is 0 Å². The number of sulfonamides is 1. The lowest BCUT2D eigenvalue weighted by atomic mass is 10.1. The van der Waals surface area contributed by atoms with E-state index in [2.05, 4.69) is 5.32 Å². The number of benzene rings is 2. The predicted molar refractivity (Wildman–Crippen MR) is 105 cm³/mol. The number of ether oxygens (including phenoxy) is 1. The maximum absolute atomic E-state index is 12.9. The Morgan fingerprint density at radius 1 is 1.14 bits per heavy atom. The largest absolute Gasteiger partial charge is 0.462 e. The van der Waals surface area contributed by atoms with E-state index in [4.69, 9.17) is 4.74 Å². The van der Waals surface area contributed by atoms with Crippen LogP contribution in [0.15, 0.2) is 59.5 Å². The van der Waals surface area contributed by atoms with Crippen LogP contribution in [0.5, 0.6) is 0 Å². The second-order valence-corrected chi connectivity index (χ2v) is 8.17. The van der Waals surface area contributed by atoms with E-state index in [0.717, 1.165) is 0 Å². The average Bonchev–Trinajstić information content (AvgIpc) is 3.11. The van der Waals surface area contributed by atoms with Crippen LogP contribution in [0, 0.1) is 0 Å². The monoisotopic (exact) mass is 416 g/mol. The van der Waals surface area contributed by atoms with Crippen molar-refractivity contribution in [3.63, 3.8) is 0 Å². The van der Waals surface area contributed by atoms with Crippen molar-refractivity contribution in [3.05, 3.63) is 60.2 Å². The lowest BCUT2D eigenvalue weighted by molar-refractivity contribution is -0.128. The van der Waals surface area contributed by atoms with Crippen LogP contribution in [0.1, 0.15) is 30.1 Å². The number of hydrogen-bond donors (Lipinski definition) is 1. The summed E-state index contributed by atoms with van der Waals surface area (Å²) < 4.78 is 31.4. The summed E-state index contributed by atoms with van der Waals surface area (Å²) >= 11 is 0. The maximum Gasteiger partial charge on any atom is 0.338 e. The summed E-state index contributed by atoms with van der Waals surface area (Å²) in [6.45, 7) is 1.90. The summed E-state index contributed by atoms with van der Waals surface area (Å²) in [7, 11) is -4.15. The number of rotatable bonds is 6. The Morgan fingerprint density at radius 3 is 2.55 bits per heavy atom. The van der Waals surface area contributed by atoms with Crippen molar-refractivity contribution in [1.82, 2.24) is 4.31 Å². The maximum atomic E-state index is 12.9. The van der Waals surface area contributed by atoms with Crippen molar-refractivity contribution in [1.29, 1.82) is 0 Å². The normalized spacial score (nSPS) is 16.5. The number of anilines is 1. The van der Waals surface area contributed by atoms with Crippen LogP contribution in [0.3, 0.4) is 0 Å². The first kappa shape index (κ1) is 20.5. The Kier molecular flexibility index (Phi) is 5.97. The molecule has 9 heteroatoms. The molecule has 8 nitrogen and oxygen atoms in total. The molecule has 1 aliphatic heterocycles. The summed E-state index contributed by atoms with van der Waals surface area (Å²) in [5, 5.41) is 2.59. The molecule has 0 bridgehead atoms. The molecular weight excluding hydrogens is 396 g/mol. The van der Waals surface area contributed by atoms with Crippen LogP contribution in [0.2, 0.25) is 0 Å². The minimum Gasteiger partial charge on any atom is -0.462 e. The fourth-order valence-corrected chi connectivity index (χ4v) is 4.69.